The van der Waals surface area contributed by atoms with Crippen molar-refractivity contribution in [1.82, 2.24) is 0 Å². The van der Waals surface area contributed by atoms with Crippen molar-refractivity contribution in [3.63, 3.8) is 0 Å². The average Bonchev–Trinajstić information content (AvgIpc) is 2.28. The van der Waals surface area contributed by atoms with E-state index < -0.39 is 17.5 Å². The van der Waals surface area contributed by atoms with Crippen LogP contribution < -0.4 is 5.32 Å². The molecule has 4 heteroatoms. The van der Waals surface area contributed by atoms with Gasteiger partial charge < -0.3 is 5.32 Å². The lowest BCUT2D eigenvalue weighted by atomic mass is 9.86. The number of halogens is 3. The molecule has 17 heavy (non-hydrogen) atoms. The molecule has 2 rings (SSSR count). The maximum absolute atomic E-state index is 13.5. The van der Waals surface area contributed by atoms with E-state index in [9.17, 15) is 13.2 Å². The Morgan fingerprint density at radius 2 is 1.82 bits per heavy atom. The molecule has 1 aliphatic carbocycles. The maximum atomic E-state index is 13.5. The average molecular weight is 243 g/mol. The molecule has 1 aromatic rings. The topological polar surface area (TPSA) is 12.0 Å². The molecule has 94 valence electrons. The van der Waals surface area contributed by atoms with Gasteiger partial charge >= 0.3 is 0 Å². The molecular formula is C13H16F3N. The van der Waals surface area contributed by atoms with Gasteiger partial charge in [0.1, 0.15) is 5.82 Å². The Morgan fingerprint density at radius 1 is 1.12 bits per heavy atom. The van der Waals surface area contributed by atoms with Crippen molar-refractivity contribution in [1.29, 1.82) is 0 Å². The molecule has 1 nitrogen and oxygen atoms in total. The molecule has 2 unspecified atom stereocenters. The zero-order chi connectivity index (χ0) is 12.4. The second kappa shape index (κ2) is 4.98. The highest BCUT2D eigenvalue weighted by Gasteiger charge is 2.23. The van der Waals surface area contributed by atoms with E-state index in [0.717, 1.165) is 25.3 Å². The van der Waals surface area contributed by atoms with Gasteiger partial charge in [-0.3, -0.25) is 0 Å². The summed E-state index contributed by atoms with van der Waals surface area (Å²) in [7, 11) is 0. The molecule has 2 atom stereocenters. The Hall–Kier alpha value is -1.19. The first kappa shape index (κ1) is 12.3. The molecule has 0 bridgehead atoms. The molecule has 0 heterocycles. The third-order valence-corrected chi connectivity index (χ3v) is 3.45. The predicted molar refractivity (Wildman–Crippen MR) is 61.4 cm³/mol. The first-order valence-electron chi connectivity index (χ1n) is 5.99. The molecular weight excluding hydrogens is 227 g/mol. The lowest BCUT2D eigenvalue weighted by Gasteiger charge is -2.30. The Morgan fingerprint density at radius 3 is 2.53 bits per heavy atom. The van der Waals surface area contributed by atoms with Crippen LogP contribution in [0, 0.1) is 23.4 Å². The van der Waals surface area contributed by atoms with E-state index in [2.05, 4.69) is 12.2 Å². The fraction of sp³-hybridized carbons (Fsp3) is 0.538. The zero-order valence-corrected chi connectivity index (χ0v) is 9.77. The van der Waals surface area contributed by atoms with Crippen LogP contribution >= 0.6 is 0 Å². The van der Waals surface area contributed by atoms with Crippen LogP contribution in [0.25, 0.3) is 0 Å². The van der Waals surface area contributed by atoms with Crippen molar-refractivity contribution in [2.45, 2.75) is 38.6 Å². The lowest BCUT2D eigenvalue weighted by molar-refractivity contribution is 0.348. The van der Waals surface area contributed by atoms with Crippen LogP contribution in [0.1, 0.15) is 32.6 Å². The van der Waals surface area contributed by atoms with Crippen molar-refractivity contribution in [3.8, 4) is 0 Å². The van der Waals surface area contributed by atoms with Crippen LogP contribution in [0.5, 0.6) is 0 Å². The summed E-state index contributed by atoms with van der Waals surface area (Å²) >= 11 is 0. The molecule has 0 aromatic heterocycles. The molecule has 0 amide bonds. The van der Waals surface area contributed by atoms with E-state index in [0.29, 0.717) is 12.0 Å². The third kappa shape index (κ3) is 2.73. The number of hydrogen-bond acceptors (Lipinski definition) is 1. The summed E-state index contributed by atoms with van der Waals surface area (Å²) in [5.41, 5.74) is -0.0683. The normalized spacial score (nSPS) is 24.7. The van der Waals surface area contributed by atoms with Crippen LogP contribution in [-0.4, -0.2) is 6.04 Å². The second-order valence-corrected chi connectivity index (χ2v) is 4.76. The molecule has 0 spiro atoms. The highest BCUT2D eigenvalue weighted by atomic mass is 19.2. The molecule has 1 aliphatic rings. The molecule has 0 aliphatic heterocycles. The third-order valence-electron chi connectivity index (χ3n) is 3.45. The number of hydrogen-bond donors (Lipinski definition) is 1. The standard InChI is InChI=1S/C13H16F3N/c1-8-4-2-3-5-11(8)17-12-7-9(14)6-10(15)13(12)16/h6-8,11,17H,2-5H2,1H3. The smallest absolute Gasteiger partial charge is 0.182 e. The number of benzene rings is 1. The predicted octanol–water partition coefficient (Wildman–Crippen LogP) is 4.09. The summed E-state index contributed by atoms with van der Waals surface area (Å²) in [6, 6.07) is 1.67. The minimum absolute atomic E-state index is 0.0683. The fourth-order valence-electron chi connectivity index (χ4n) is 2.39. The van der Waals surface area contributed by atoms with Gasteiger partial charge in [-0.2, -0.15) is 0 Å². The van der Waals surface area contributed by atoms with Gasteiger partial charge in [0.05, 0.1) is 5.69 Å². The van der Waals surface area contributed by atoms with Crippen LogP contribution in [0.2, 0.25) is 0 Å². The van der Waals surface area contributed by atoms with Crippen LogP contribution in [0.15, 0.2) is 12.1 Å². The summed E-state index contributed by atoms with van der Waals surface area (Å²) in [5.74, 6) is -2.50. The van der Waals surface area contributed by atoms with E-state index in [1.807, 2.05) is 0 Å². The summed E-state index contributed by atoms with van der Waals surface area (Å²) < 4.78 is 39.5. The van der Waals surface area contributed by atoms with Gasteiger partial charge in [0, 0.05) is 18.2 Å². The summed E-state index contributed by atoms with van der Waals surface area (Å²) in [6.45, 7) is 2.07. The van der Waals surface area contributed by atoms with Gasteiger partial charge in [-0.25, -0.2) is 13.2 Å². The highest BCUT2D eigenvalue weighted by molar-refractivity contribution is 5.46. The molecule has 1 aromatic carbocycles. The highest BCUT2D eigenvalue weighted by Crippen LogP contribution is 2.28. The van der Waals surface area contributed by atoms with Crippen molar-refractivity contribution in [3.05, 3.63) is 29.6 Å². The van der Waals surface area contributed by atoms with Gasteiger partial charge in [-0.05, 0) is 18.8 Å². The van der Waals surface area contributed by atoms with Crippen LogP contribution in [0.3, 0.4) is 0 Å². The Labute approximate surface area is 99.0 Å². The van der Waals surface area contributed by atoms with E-state index >= 15 is 0 Å². The van der Waals surface area contributed by atoms with E-state index in [4.69, 9.17) is 0 Å². The monoisotopic (exact) mass is 243 g/mol. The fourth-order valence-corrected chi connectivity index (χ4v) is 2.39. The zero-order valence-electron chi connectivity index (χ0n) is 9.77. The Balaban J connectivity index is 2.17. The SMILES string of the molecule is CC1CCCCC1Nc1cc(F)cc(F)c1F. The van der Waals surface area contributed by atoms with Crippen LogP contribution in [-0.2, 0) is 0 Å². The minimum atomic E-state index is -1.14. The lowest BCUT2D eigenvalue weighted by Crippen LogP contribution is -2.30. The molecule has 1 saturated carbocycles. The van der Waals surface area contributed by atoms with Gasteiger partial charge in [-0.1, -0.05) is 19.8 Å². The molecule has 0 saturated heterocycles. The van der Waals surface area contributed by atoms with Gasteiger partial charge in [0.15, 0.2) is 11.6 Å². The second-order valence-electron chi connectivity index (χ2n) is 4.76. The minimum Gasteiger partial charge on any atom is -0.380 e. The molecule has 1 fully saturated rings. The molecule has 0 radical (unpaired) electrons. The number of rotatable bonds is 2. The van der Waals surface area contributed by atoms with E-state index in [1.165, 1.54) is 6.42 Å². The summed E-state index contributed by atoms with van der Waals surface area (Å²) in [6.07, 6.45) is 4.22. The number of nitrogens with one attached hydrogen (secondary N) is 1. The summed E-state index contributed by atoms with van der Waals surface area (Å²) in [5, 5.41) is 2.93. The Bertz CT molecular complexity index is 406. The van der Waals surface area contributed by atoms with Crippen molar-refractivity contribution >= 4 is 5.69 Å². The van der Waals surface area contributed by atoms with Crippen molar-refractivity contribution in [2.24, 2.45) is 5.92 Å². The first-order chi connectivity index (χ1) is 8.08. The summed E-state index contributed by atoms with van der Waals surface area (Å²) in [4.78, 5) is 0. The van der Waals surface area contributed by atoms with Crippen molar-refractivity contribution in [2.75, 3.05) is 5.32 Å². The van der Waals surface area contributed by atoms with Gasteiger partial charge in [0.25, 0.3) is 0 Å². The quantitative estimate of drug-likeness (QED) is 0.771. The number of anilines is 1. The molecule has 1 N–H and O–H groups in total. The van der Waals surface area contributed by atoms with Crippen molar-refractivity contribution < 1.29 is 13.2 Å². The van der Waals surface area contributed by atoms with Gasteiger partial charge in [0.2, 0.25) is 0 Å². The first-order valence-corrected chi connectivity index (χ1v) is 5.99. The maximum Gasteiger partial charge on any atom is 0.182 e. The Kier molecular flexibility index (Phi) is 3.60. The van der Waals surface area contributed by atoms with E-state index in [1.54, 1.807) is 0 Å². The van der Waals surface area contributed by atoms with Gasteiger partial charge in [-0.15, -0.1) is 0 Å². The van der Waals surface area contributed by atoms with E-state index in [-0.39, 0.29) is 11.7 Å². The largest absolute Gasteiger partial charge is 0.380 e. The van der Waals surface area contributed by atoms with Crippen LogP contribution in [0.4, 0.5) is 18.9 Å².